The first-order valence-corrected chi connectivity index (χ1v) is 12.9. The topological polar surface area (TPSA) is 112 Å². The van der Waals surface area contributed by atoms with Crippen LogP contribution in [0.3, 0.4) is 0 Å². The lowest BCUT2D eigenvalue weighted by molar-refractivity contribution is -0.140. The second kappa shape index (κ2) is 16.5. The summed E-state index contributed by atoms with van der Waals surface area (Å²) in [5, 5.41) is 17.4. The van der Waals surface area contributed by atoms with Crippen LogP contribution < -0.4 is 18.9 Å². The van der Waals surface area contributed by atoms with E-state index in [2.05, 4.69) is 23.7 Å². The quantitative estimate of drug-likeness (QED) is 0.288. The van der Waals surface area contributed by atoms with Crippen LogP contribution in [0.25, 0.3) is 0 Å². The molecule has 3 rings (SSSR count). The summed E-state index contributed by atoms with van der Waals surface area (Å²) in [5.41, 5.74) is 3.30. The van der Waals surface area contributed by atoms with Gasteiger partial charge in [-0.15, -0.1) is 0 Å². The number of allylic oxidation sites excluding steroid dienone is 2. The van der Waals surface area contributed by atoms with Crippen LogP contribution in [0.1, 0.15) is 22.3 Å². The van der Waals surface area contributed by atoms with E-state index in [0.717, 1.165) is 22.3 Å². The van der Waals surface area contributed by atoms with Gasteiger partial charge >= 0.3 is 11.9 Å². The van der Waals surface area contributed by atoms with Crippen LogP contribution in [0, 0.1) is 37.5 Å². The Balaban J connectivity index is 1.38. The van der Waals surface area contributed by atoms with Gasteiger partial charge in [-0.25, -0.2) is 9.59 Å². The number of benzene rings is 3. The number of hydrogen-bond donors (Lipinski definition) is 2. The van der Waals surface area contributed by atoms with Gasteiger partial charge in [-0.2, -0.15) is 0 Å². The van der Waals surface area contributed by atoms with Gasteiger partial charge in [-0.05, 0) is 110 Å². The standard InChI is InChI=1S/C34H30O8/c1-25-21-29(15-17-31(25)41-23-33(35)36)39-19-7-3-5-9-27-11-13-28(14-12-27)10-6-4-8-20-40-30-16-18-32(26(2)22-30)42-24-34(37)38/h3-4,7-8,11-18,21-22H,19-20,23-24H2,1-2H3,(H,35,36)(H,37,38). The van der Waals surface area contributed by atoms with E-state index in [1.807, 2.05) is 38.1 Å². The smallest absolute Gasteiger partial charge is 0.341 e. The Morgan fingerprint density at radius 3 is 1.40 bits per heavy atom. The van der Waals surface area contributed by atoms with E-state index in [1.54, 1.807) is 60.7 Å². The zero-order valence-corrected chi connectivity index (χ0v) is 23.3. The predicted molar refractivity (Wildman–Crippen MR) is 158 cm³/mol. The van der Waals surface area contributed by atoms with Gasteiger partial charge in [0.05, 0.1) is 0 Å². The second-order valence-corrected chi connectivity index (χ2v) is 8.76. The molecule has 0 amide bonds. The number of ether oxygens (including phenoxy) is 4. The highest BCUT2D eigenvalue weighted by Gasteiger charge is 2.05. The molecular weight excluding hydrogens is 536 g/mol. The van der Waals surface area contributed by atoms with Crippen molar-refractivity contribution in [1.29, 1.82) is 0 Å². The minimum Gasteiger partial charge on any atom is -0.489 e. The summed E-state index contributed by atoms with van der Waals surface area (Å²) >= 11 is 0. The van der Waals surface area contributed by atoms with Crippen molar-refractivity contribution in [3.63, 3.8) is 0 Å². The lowest BCUT2D eigenvalue weighted by Crippen LogP contribution is -2.10. The normalized spacial score (nSPS) is 10.3. The predicted octanol–water partition coefficient (Wildman–Crippen LogP) is 5.20. The zero-order valence-electron chi connectivity index (χ0n) is 23.3. The van der Waals surface area contributed by atoms with E-state index in [-0.39, 0.29) is 13.2 Å². The average molecular weight is 567 g/mol. The van der Waals surface area contributed by atoms with E-state index in [1.165, 1.54) is 0 Å². The summed E-state index contributed by atoms with van der Waals surface area (Å²) in [4.78, 5) is 21.3. The average Bonchev–Trinajstić information content (AvgIpc) is 2.96. The molecular formula is C34H30O8. The van der Waals surface area contributed by atoms with Crippen LogP contribution in [-0.4, -0.2) is 48.6 Å². The number of aryl methyl sites for hydroxylation is 2. The van der Waals surface area contributed by atoms with Gasteiger partial charge in [0.15, 0.2) is 13.2 Å². The first-order chi connectivity index (χ1) is 20.3. The third kappa shape index (κ3) is 11.3. The van der Waals surface area contributed by atoms with E-state index in [9.17, 15) is 9.59 Å². The molecule has 0 saturated carbocycles. The molecule has 8 nitrogen and oxygen atoms in total. The molecule has 0 bridgehead atoms. The fourth-order valence-electron chi connectivity index (χ4n) is 3.42. The van der Waals surface area contributed by atoms with Gasteiger partial charge < -0.3 is 29.2 Å². The number of aliphatic carboxylic acids is 2. The molecule has 0 aromatic heterocycles. The molecule has 0 unspecified atom stereocenters. The molecule has 8 heteroatoms. The number of carbonyl (C=O) groups is 2. The molecule has 0 aliphatic rings. The molecule has 0 saturated heterocycles. The Kier molecular flexibility index (Phi) is 12.1. The van der Waals surface area contributed by atoms with Crippen LogP contribution in [0.5, 0.6) is 23.0 Å². The Hall–Kier alpha value is -5.60. The van der Waals surface area contributed by atoms with Crippen molar-refractivity contribution in [3.8, 4) is 46.7 Å². The molecule has 0 radical (unpaired) electrons. The first-order valence-electron chi connectivity index (χ1n) is 12.9. The summed E-state index contributed by atoms with van der Waals surface area (Å²) < 4.78 is 21.7. The Morgan fingerprint density at radius 2 is 1.05 bits per heavy atom. The Bertz CT molecular complexity index is 1440. The monoisotopic (exact) mass is 566 g/mol. The van der Waals surface area contributed by atoms with Gasteiger partial charge in [-0.3, -0.25) is 0 Å². The van der Waals surface area contributed by atoms with Crippen molar-refractivity contribution >= 4 is 11.9 Å². The van der Waals surface area contributed by atoms with Gasteiger partial charge in [-0.1, -0.05) is 23.7 Å². The van der Waals surface area contributed by atoms with Crippen LogP contribution >= 0.6 is 0 Å². The molecule has 0 heterocycles. The molecule has 3 aromatic rings. The lowest BCUT2D eigenvalue weighted by atomic mass is 10.1. The highest BCUT2D eigenvalue weighted by molar-refractivity contribution is 5.69. The molecule has 0 spiro atoms. The Labute approximate surface area is 244 Å². The van der Waals surface area contributed by atoms with Crippen LogP contribution in [-0.2, 0) is 9.59 Å². The zero-order chi connectivity index (χ0) is 30.2. The van der Waals surface area contributed by atoms with E-state index in [0.29, 0.717) is 36.2 Å². The van der Waals surface area contributed by atoms with Gasteiger partial charge in [0, 0.05) is 11.1 Å². The van der Waals surface area contributed by atoms with Crippen LogP contribution in [0.15, 0.2) is 85.0 Å². The third-order valence-electron chi connectivity index (χ3n) is 5.41. The molecule has 0 aliphatic heterocycles. The van der Waals surface area contributed by atoms with Crippen molar-refractivity contribution in [1.82, 2.24) is 0 Å². The highest BCUT2D eigenvalue weighted by Crippen LogP contribution is 2.24. The molecule has 42 heavy (non-hydrogen) atoms. The largest absolute Gasteiger partial charge is 0.489 e. The first kappa shape index (κ1) is 30.9. The van der Waals surface area contributed by atoms with Crippen molar-refractivity contribution < 1.29 is 38.7 Å². The number of carboxylic acids is 2. The molecule has 0 fully saturated rings. The summed E-state index contributed by atoms with van der Waals surface area (Å²) in [7, 11) is 0. The van der Waals surface area contributed by atoms with E-state index in [4.69, 9.17) is 29.2 Å². The maximum Gasteiger partial charge on any atom is 0.341 e. The number of rotatable bonds is 12. The van der Waals surface area contributed by atoms with Crippen molar-refractivity contribution in [3.05, 3.63) is 107 Å². The summed E-state index contributed by atoms with van der Waals surface area (Å²) in [6.07, 6.45) is 7.06. The minimum absolute atomic E-state index is 0.339. The van der Waals surface area contributed by atoms with E-state index >= 15 is 0 Å². The summed E-state index contributed by atoms with van der Waals surface area (Å²) in [5.74, 6) is 12.3. The Morgan fingerprint density at radius 1 is 0.643 bits per heavy atom. The third-order valence-corrected chi connectivity index (χ3v) is 5.41. The fraction of sp³-hybridized carbons (Fsp3) is 0.176. The maximum atomic E-state index is 10.6. The SMILES string of the molecule is Cc1cc(OCC=CC#Cc2ccc(C#CC=CCOc3ccc(OCC(=O)O)c(C)c3)cc2)ccc1OCC(=O)O. The van der Waals surface area contributed by atoms with Crippen molar-refractivity contribution in [2.45, 2.75) is 13.8 Å². The van der Waals surface area contributed by atoms with Crippen LogP contribution in [0.2, 0.25) is 0 Å². The molecule has 2 N–H and O–H groups in total. The highest BCUT2D eigenvalue weighted by atomic mass is 16.5. The fourth-order valence-corrected chi connectivity index (χ4v) is 3.42. The van der Waals surface area contributed by atoms with Gasteiger partial charge in [0.2, 0.25) is 0 Å². The maximum absolute atomic E-state index is 10.6. The summed E-state index contributed by atoms with van der Waals surface area (Å²) in [6.45, 7) is 3.55. The number of hydrogen-bond acceptors (Lipinski definition) is 6. The van der Waals surface area contributed by atoms with Gasteiger partial charge in [0.25, 0.3) is 0 Å². The molecule has 0 atom stereocenters. The summed E-state index contributed by atoms with van der Waals surface area (Å²) in [6, 6.07) is 18.0. The van der Waals surface area contributed by atoms with Crippen molar-refractivity contribution in [2.24, 2.45) is 0 Å². The minimum atomic E-state index is -1.03. The number of carboxylic acid groups (broad SMARTS) is 2. The second-order valence-electron chi connectivity index (χ2n) is 8.76. The lowest BCUT2D eigenvalue weighted by Gasteiger charge is -2.09. The molecule has 3 aromatic carbocycles. The molecule has 0 aliphatic carbocycles. The van der Waals surface area contributed by atoms with Gasteiger partial charge in [0.1, 0.15) is 36.2 Å². The molecule has 214 valence electrons. The van der Waals surface area contributed by atoms with E-state index < -0.39 is 11.9 Å². The van der Waals surface area contributed by atoms with Crippen LogP contribution in [0.4, 0.5) is 0 Å². The van der Waals surface area contributed by atoms with Crippen molar-refractivity contribution in [2.75, 3.05) is 26.4 Å².